The number of nitrogens with zero attached hydrogens (tertiary/aromatic N) is 5. The Morgan fingerprint density at radius 1 is 0.893 bits per heavy atom. The van der Waals surface area contributed by atoms with Crippen molar-refractivity contribution in [2.45, 2.75) is 0 Å². The third-order valence-corrected chi connectivity index (χ3v) is 4.61. The largest absolute Gasteiger partial charge is 0.352 e. The van der Waals surface area contributed by atoms with Gasteiger partial charge in [-0.25, -0.2) is 9.18 Å². The van der Waals surface area contributed by atoms with Crippen LogP contribution in [0.5, 0.6) is 0 Å². The van der Waals surface area contributed by atoms with Crippen molar-refractivity contribution in [1.82, 2.24) is 20.1 Å². The first-order chi connectivity index (χ1) is 13.7. The van der Waals surface area contributed by atoms with E-state index in [0.29, 0.717) is 31.9 Å². The molecule has 3 aromatic rings. The van der Waals surface area contributed by atoms with Crippen LogP contribution >= 0.6 is 0 Å². The van der Waals surface area contributed by atoms with Gasteiger partial charge in [0.25, 0.3) is 0 Å². The Labute approximate surface area is 161 Å². The molecule has 1 aromatic carbocycles. The molecule has 7 nitrogen and oxygen atoms in total. The molecular formula is C20H19FN6O. The van der Waals surface area contributed by atoms with E-state index in [-0.39, 0.29) is 11.8 Å². The topological polar surface area (TPSA) is 74.2 Å². The molecule has 0 bridgehead atoms. The highest BCUT2D eigenvalue weighted by molar-refractivity contribution is 5.89. The smallest absolute Gasteiger partial charge is 0.321 e. The molecule has 2 aromatic heterocycles. The first kappa shape index (κ1) is 17.8. The molecule has 0 spiro atoms. The number of piperazine rings is 1. The van der Waals surface area contributed by atoms with Crippen molar-refractivity contribution in [1.29, 1.82) is 0 Å². The summed E-state index contributed by atoms with van der Waals surface area (Å²) < 4.78 is 13.0. The average Bonchev–Trinajstić information content (AvgIpc) is 2.76. The van der Waals surface area contributed by atoms with Gasteiger partial charge in [-0.2, -0.15) is 0 Å². The third kappa shape index (κ3) is 4.06. The summed E-state index contributed by atoms with van der Waals surface area (Å²) in [5.41, 5.74) is 2.34. The number of pyridine rings is 1. The Morgan fingerprint density at radius 2 is 1.61 bits per heavy atom. The summed E-state index contributed by atoms with van der Waals surface area (Å²) in [4.78, 5) is 20.2. The molecular weight excluding hydrogens is 359 g/mol. The number of carbonyl (C=O) groups excluding carboxylic acids is 1. The molecule has 0 saturated carbocycles. The van der Waals surface area contributed by atoms with Gasteiger partial charge in [-0.05, 0) is 48.5 Å². The van der Waals surface area contributed by atoms with Crippen molar-refractivity contribution < 1.29 is 9.18 Å². The summed E-state index contributed by atoms with van der Waals surface area (Å²) in [5.74, 6) is 0.457. The van der Waals surface area contributed by atoms with E-state index < -0.39 is 0 Å². The van der Waals surface area contributed by atoms with E-state index in [0.717, 1.165) is 17.1 Å². The van der Waals surface area contributed by atoms with Crippen LogP contribution in [0.25, 0.3) is 11.3 Å². The zero-order valence-electron chi connectivity index (χ0n) is 15.1. The summed E-state index contributed by atoms with van der Waals surface area (Å²) in [7, 11) is 0. The van der Waals surface area contributed by atoms with Gasteiger partial charge in [0.1, 0.15) is 5.82 Å². The van der Waals surface area contributed by atoms with Crippen LogP contribution in [-0.2, 0) is 0 Å². The molecule has 0 atom stereocenters. The average molecular weight is 378 g/mol. The van der Waals surface area contributed by atoms with Crippen LogP contribution in [0.1, 0.15) is 0 Å². The Hall–Kier alpha value is -3.55. The van der Waals surface area contributed by atoms with Crippen LogP contribution in [0, 0.1) is 5.82 Å². The molecule has 0 unspecified atom stereocenters. The number of nitrogens with one attached hydrogen (secondary N) is 1. The minimum absolute atomic E-state index is 0.189. The lowest BCUT2D eigenvalue weighted by atomic mass is 10.2. The number of anilines is 2. The molecule has 1 fully saturated rings. The van der Waals surface area contributed by atoms with E-state index in [9.17, 15) is 9.18 Å². The van der Waals surface area contributed by atoms with E-state index in [1.807, 2.05) is 24.3 Å². The number of carbonyl (C=O) groups is 1. The van der Waals surface area contributed by atoms with Crippen molar-refractivity contribution in [2.75, 3.05) is 36.4 Å². The Balaban J connectivity index is 1.33. The van der Waals surface area contributed by atoms with Gasteiger partial charge in [0, 0.05) is 49.8 Å². The highest BCUT2D eigenvalue weighted by Crippen LogP contribution is 2.19. The summed E-state index contributed by atoms with van der Waals surface area (Å²) in [6, 6.07) is 13.2. The lowest BCUT2D eigenvalue weighted by molar-refractivity contribution is 0.208. The van der Waals surface area contributed by atoms with E-state index in [1.165, 1.54) is 12.1 Å². The van der Waals surface area contributed by atoms with Crippen molar-refractivity contribution in [3.05, 3.63) is 66.7 Å². The molecule has 0 radical (unpaired) electrons. The molecule has 2 amide bonds. The van der Waals surface area contributed by atoms with E-state index >= 15 is 0 Å². The van der Waals surface area contributed by atoms with Crippen molar-refractivity contribution in [3.63, 3.8) is 0 Å². The second-order valence-corrected chi connectivity index (χ2v) is 6.42. The zero-order valence-corrected chi connectivity index (χ0v) is 15.1. The van der Waals surface area contributed by atoms with E-state index in [4.69, 9.17) is 0 Å². The number of halogens is 1. The van der Waals surface area contributed by atoms with E-state index in [2.05, 4.69) is 25.4 Å². The third-order valence-electron chi connectivity index (χ3n) is 4.61. The summed E-state index contributed by atoms with van der Waals surface area (Å²) in [6.07, 6.45) is 3.45. The second kappa shape index (κ2) is 7.99. The molecule has 1 aliphatic heterocycles. The van der Waals surface area contributed by atoms with Crippen LogP contribution in [0.2, 0.25) is 0 Å². The number of hydrogen-bond acceptors (Lipinski definition) is 5. The quantitative estimate of drug-likeness (QED) is 0.758. The maximum Gasteiger partial charge on any atom is 0.321 e. The lowest BCUT2D eigenvalue weighted by Crippen LogP contribution is -2.50. The molecule has 8 heteroatoms. The van der Waals surface area contributed by atoms with Gasteiger partial charge in [-0.1, -0.05) is 0 Å². The monoisotopic (exact) mass is 378 g/mol. The Kier molecular flexibility index (Phi) is 5.09. The van der Waals surface area contributed by atoms with Crippen LogP contribution in [0.15, 0.2) is 60.9 Å². The molecule has 28 heavy (non-hydrogen) atoms. The first-order valence-electron chi connectivity index (χ1n) is 8.99. The van der Waals surface area contributed by atoms with Crippen molar-refractivity contribution in [3.8, 4) is 11.3 Å². The highest BCUT2D eigenvalue weighted by Gasteiger charge is 2.22. The molecule has 142 valence electrons. The number of rotatable bonds is 3. The fraction of sp³-hybridized carbons (Fsp3) is 0.200. The Bertz CT molecular complexity index is 925. The number of amides is 2. The van der Waals surface area contributed by atoms with Crippen LogP contribution < -0.4 is 10.2 Å². The first-order valence-corrected chi connectivity index (χ1v) is 8.99. The highest BCUT2D eigenvalue weighted by atomic mass is 19.1. The maximum atomic E-state index is 13.0. The second-order valence-electron chi connectivity index (χ2n) is 6.42. The van der Waals surface area contributed by atoms with Crippen LogP contribution in [0.3, 0.4) is 0 Å². The normalized spacial score (nSPS) is 14.0. The van der Waals surface area contributed by atoms with Gasteiger partial charge in [-0.15, -0.1) is 10.2 Å². The molecule has 1 saturated heterocycles. The minimum Gasteiger partial charge on any atom is -0.352 e. The fourth-order valence-corrected chi connectivity index (χ4v) is 3.04. The van der Waals surface area contributed by atoms with E-state index in [1.54, 1.807) is 29.4 Å². The Morgan fingerprint density at radius 3 is 2.25 bits per heavy atom. The molecule has 3 heterocycles. The zero-order chi connectivity index (χ0) is 19.3. The SMILES string of the molecule is O=C(Nc1ccc(F)cc1)N1CCN(c2ccc(-c3ccncc3)nn2)CC1. The molecule has 0 aliphatic carbocycles. The van der Waals surface area contributed by atoms with Gasteiger partial charge in [0.15, 0.2) is 5.82 Å². The predicted octanol–water partition coefficient (Wildman–Crippen LogP) is 3.03. The predicted molar refractivity (Wildman–Crippen MR) is 104 cm³/mol. The lowest BCUT2D eigenvalue weighted by Gasteiger charge is -2.35. The van der Waals surface area contributed by atoms with Crippen LogP contribution in [0.4, 0.5) is 20.7 Å². The standard InChI is InChI=1S/C20H19FN6O/c21-16-1-3-17(4-2-16)23-20(28)27-13-11-26(12-14-27)19-6-5-18(24-25-19)15-7-9-22-10-8-15/h1-10H,11-14H2,(H,23,28). The van der Waals surface area contributed by atoms with Crippen molar-refractivity contribution >= 4 is 17.5 Å². The van der Waals surface area contributed by atoms with Gasteiger partial charge < -0.3 is 15.1 Å². The number of benzene rings is 1. The number of urea groups is 1. The van der Waals surface area contributed by atoms with Gasteiger partial charge in [0.05, 0.1) is 5.69 Å². The molecule has 4 rings (SSSR count). The van der Waals surface area contributed by atoms with Gasteiger partial charge in [-0.3, -0.25) is 4.98 Å². The maximum absolute atomic E-state index is 13.0. The summed E-state index contributed by atoms with van der Waals surface area (Å²) in [5, 5.41) is 11.4. The molecule has 1 N–H and O–H groups in total. The number of aromatic nitrogens is 3. The van der Waals surface area contributed by atoms with Crippen LogP contribution in [-0.4, -0.2) is 52.3 Å². The van der Waals surface area contributed by atoms with Gasteiger partial charge in [0.2, 0.25) is 0 Å². The van der Waals surface area contributed by atoms with Gasteiger partial charge >= 0.3 is 6.03 Å². The minimum atomic E-state index is -0.331. The summed E-state index contributed by atoms with van der Waals surface area (Å²) >= 11 is 0. The van der Waals surface area contributed by atoms with Crippen molar-refractivity contribution in [2.24, 2.45) is 0 Å². The summed E-state index contributed by atoms with van der Waals surface area (Å²) in [6.45, 7) is 2.47. The number of hydrogen-bond donors (Lipinski definition) is 1. The molecule has 1 aliphatic rings. The fourth-order valence-electron chi connectivity index (χ4n) is 3.04.